The van der Waals surface area contributed by atoms with E-state index in [1.165, 1.54) is 6.26 Å². The lowest BCUT2D eigenvalue weighted by molar-refractivity contribution is 0.189. The summed E-state index contributed by atoms with van der Waals surface area (Å²) in [5.41, 5.74) is 0. The summed E-state index contributed by atoms with van der Waals surface area (Å²) in [5, 5.41) is 3.25. The highest BCUT2D eigenvalue weighted by molar-refractivity contribution is 7.90. The van der Waals surface area contributed by atoms with Crippen molar-refractivity contribution >= 4 is 9.84 Å². The van der Waals surface area contributed by atoms with Crippen LogP contribution in [0, 0.1) is 0 Å². The van der Waals surface area contributed by atoms with Crippen LogP contribution in [0.4, 0.5) is 0 Å². The van der Waals surface area contributed by atoms with Crippen LogP contribution in [-0.2, 0) is 14.6 Å². The van der Waals surface area contributed by atoms with Gasteiger partial charge in [-0.3, -0.25) is 0 Å². The molecule has 15 heavy (non-hydrogen) atoms. The Morgan fingerprint density at radius 3 is 2.53 bits per heavy atom. The Morgan fingerprint density at radius 2 is 2.07 bits per heavy atom. The third kappa shape index (κ3) is 10.2. The molecule has 92 valence electrons. The summed E-state index contributed by atoms with van der Waals surface area (Å²) in [6, 6.07) is 0.0649. The first kappa shape index (κ1) is 14.9. The van der Waals surface area contributed by atoms with E-state index in [2.05, 4.69) is 12.2 Å². The molecule has 0 amide bonds. The fourth-order valence-electron chi connectivity index (χ4n) is 1.43. The molecule has 0 aliphatic rings. The summed E-state index contributed by atoms with van der Waals surface area (Å²) in [7, 11) is -1.24. The lowest BCUT2D eigenvalue weighted by Crippen LogP contribution is -2.36. The maximum atomic E-state index is 11.2. The van der Waals surface area contributed by atoms with Crippen LogP contribution in [0.1, 0.15) is 26.2 Å². The zero-order chi connectivity index (χ0) is 11.7. The monoisotopic (exact) mass is 237 g/mol. The van der Waals surface area contributed by atoms with Crippen molar-refractivity contribution in [3.8, 4) is 0 Å². The number of rotatable bonds is 9. The molecule has 0 aromatic rings. The van der Waals surface area contributed by atoms with Crippen molar-refractivity contribution in [2.75, 3.05) is 32.3 Å². The summed E-state index contributed by atoms with van der Waals surface area (Å²) in [5.74, 6) is 0.219. The van der Waals surface area contributed by atoms with Crippen molar-refractivity contribution in [3.63, 3.8) is 0 Å². The van der Waals surface area contributed by atoms with Crippen LogP contribution in [0.2, 0.25) is 0 Å². The lowest BCUT2D eigenvalue weighted by Gasteiger charge is -2.17. The zero-order valence-corrected chi connectivity index (χ0v) is 10.8. The number of sulfone groups is 1. The van der Waals surface area contributed by atoms with Crippen LogP contribution in [0.25, 0.3) is 0 Å². The van der Waals surface area contributed by atoms with E-state index < -0.39 is 9.84 Å². The predicted molar refractivity (Wildman–Crippen MR) is 62.9 cm³/mol. The van der Waals surface area contributed by atoms with Crippen LogP contribution >= 0.6 is 0 Å². The van der Waals surface area contributed by atoms with Gasteiger partial charge in [0.1, 0.15) is 9.84 Å². The standard InChI is InChI=1S/C10H23NO3S/c1-4-7-11-10(6-5-8-14-2)9-15(3,12)13/h10-11H,4-9H2,1-3H3. The van der Waals surface area contributed by atoms with Gasteiger partial charge in [-0.2, -0.15) is 0 Å². The molecule has 0 aromatic carbocycles. The van der Waals surface area contributed by atoms with E-state index in [0.717, 1.165) is 25.8 Å². The van der Waals surface area contributed by atoms with Crippen LogP contribution in [0.3, 0.4) is 0 Å². The molecular formula is C10H23NO3S. The first-order valence-corrected chi connectivity index (χ1v) is 7.45. The topological polar surface area (TPSA) is 55.4 Å². The Morgan fingerprint density at radius 1 is 1.40 bits per heavy atom. The Bertz CT molecular complexity index is 239. The van der Waals surface area contributed by atoms with E-state index in [1.54, 1.807) is 7.11 Å². The van der Waals surface area contributed by atoms with E-state index in [-0.39, 0.29) is 11.8 Å². The molecular weight excluding hydrogens is 214 g/mol. The largest absolute Gasteiger partial charge is 0.385 e. The molecule has 0 saturated carbocycles. The Hall–Kier alpha value is -0.130. The highest BCUT2D eigenvalue weighted by Gasteiger charge is 2.13. The van der Waals surface area contributed by atoms with Gasteiger partial charge in [0, 0.05) is 26.0 Å². The Kier molecular flexibility index (Phi) is 8.00. The van der Waals surface area contributed by atoms with E-state index in [1.807, 2.05) is 0 Å². The average molecular weight is 237 g/mol. The molecule has 1 atom stereocenters. The average Bonchev–Trinajstić information content (AvgIpc) is 2.12. The maximum Gasteiger partial charge on any atom is 0.148 e. The van der Waals surface area contributed by atoms with Crippen molar-refractivity contribution < 1.29 is 13.2 Å². The van der Waals surface area contributed by atoms with Crippen molar-refractivity contribution in [2.45, 2.75) is 32.2 Å². The number of methoxy groups -OCH3 is 1. The van der Waals surface area contributed by atoms with Gasteiger partial charge in [-0.15, -0.1) is 0 Å². The summed E-state index contributed by atoms with van der Waals surface area (Å²) in [6.45, 7) is 3.63. The highest BCUT2D eigenvalue weighted by atomic mass is 32.2. The smallest absolute Gasteiger partial charge is 0.148 e. The van der Waals surface area contributed by atoms with Gasteiger partial charge in [0.2, 0.25) is 0 Å². The Balaban J connectivity index is 3.95. The molecule has 5 heteroatoms. The minimum absolute atomic E-state index is 0.0649. The third-order valence-electron chi connectivity index (χ3n) is 2.09. The second-order valence-corrected chi connectivity index (χ2v) is 6.06. The highest BCUT2D eigenvalue weighted by Crippen LogP contribution is 2.01. The second-order valence-electron chi connectivity index (χ2n) is 3.88. The fraction of sp³-hybridized carbons (Fsp3) is 1.00. The molecule has 0 bridgehead atoms. The third-order valence-corrected chi connectivity index (χ3v) is 3.10. The molecule has 0 aliphatic carbocycles. The van der Waals surface area contributed by atoms with Crippen LogP contribution in [0.15, 0.2) is 0 Å². The molecule has 4 nitrogen and oxygen atoms in total. The first-order valence-electron chi connectivity index (χ1n) is 5.39. The van der Waals surface area contributed by atoms with E-state index in [9.17, 15) is 8.42 Å². The van der Waals surface area contributed by atoms with Crippen molar-refractivity contribution in [1.29, 1.82) is 0 Å². The zero-order valence-electron chi connectivity index (χ0n) is 9.95. The van der Waals surface area contributed by atoms with Gasteiger partial charge >= 0.3 is 0 Å². The number of nitrogens with one attached hydrogen (secondary N) is 1. The molecule has 0 spiro atoms. The van der Waals surface area contributed by atoms with Crippen molar-refractivity contribution in [3.05, 3.63) is 0 Å². The minimum atomic E-state index is -2.89. The molecule has 0 fully saturated rings. The van der Waals surface area contributed by atoms with Gasteiger partial charge < -0.3 is 10.1 Å². The molecule has 0 rings (SSSR count). The predicted octanol–water partition coefficient (Wildman–Crippen LogP) is 0.826. The molecule has 0 aromatic heterocycles. The Labute approximate surface area is 93.3 Å². The van der Waals surface area contributed by atoms with Gasteiger partial charge in [-0.25, -0.2) is 8.42 Å². The molecule has 0 saturated heterocycles. The SMILES string of the molecule is CCCNC(CCCOC)CS(C)(=O)=O. The van der Waals surface area contributed by atoms with Crippen molar-refractivity contribution in [1.82, 2.24) is 5.32 Å². The minimum Gasteiger partial charge on any atom is -0.385 e. The van der Waals surface area contributed by atoms with E-state index in [0.29, 0.717) is 6.61 Å². The van der Waals surface area contributed by atoms with Crippen molar-refractivity contribution in [2.24, 2.45) is 0 Å². The summed E-state index contributed by atoms with van der Waals surface area (Å²) < 4.78 is 27.3. The molecule has 0 radical (unpaired) electrons. The van der Waals surface area contributed by atoms with Gasteiger partial charge in [-0.1, -0.05) is 6.92 Å². The second kappa shape index (κ2) is 8.07. The van der Waals surface area contributed by atoms with E-state index in [4.69, 9.17) is 4.74 Å². The normalized spacial score (nSPS) is 14.1. The number of hydrogen-bond donors (Lipinski definition) is 1. The van der Waals surface area contributed by atoms with E-state index >= 15 is 0 Å². The first-order chi connectivity index (χ1) is 6.99. The quantitative estimate of drug-likeness (QED) is 0.603. The van der Waals surface area contributed by atoms with Gasteiger partial charge in [0.05, 0.1) is 5.75 Å². The lowest BCUT2D eigenvalue weighted by atomic mass is 10.2. The summed E-state index contributed by atoms with van der Waals surface area (Å²) in [4.78, 5) is 0. The van der Waals surface area contributed by atoms with Crippen LogP contribution in [-0.4, -0.2) is 46.7 Å². The van der Waals surface area contributed by atoms with Crippen LogP contribution < -0.4 is 5.32 Å². The fourth-order valence-corrected chi connectivity index (χ4v) is 2.45. The summed E-state index contributed by atoms with van der Waals surface area (Å²) >= 11 is 0. The molecule has 0 aliphatic heterocycles. The molecule has 1 unspecified atom stereocenters. The molecule has 1 N–H and O–H groups in total. The van der Waals surface area contributed by atoms with Crippen LogP contribution in [0.5, 0.6) is 0 Å². The number of ether oxygens (including phenoxy) is 1. The van der Waals surface area contributed by atoms with Gasteiger partial charge in [-0.05, 0) is 25.8 Å². The summed E-state index contributed by atoms with van der Waals surface area (Å²) in [6.07, 6.45) is 4.04. The van der Waals surface area contributed by atoms with Gasteiger partial charge in [0.15, 0.2) is 0 Å². The molecule has 0 heterocycles. The van der Waals surface area contributed by atoms with Gasteiger partial charge in [0.25, 0.3) is 0 Å². The number of hydrogen-bond acceptors (Lipinski definition) is 4. The maximum absolute atomic E-state index is 11.2.